The molecule has 1 aromatic rings. The lowest BCUT2D eigenvalue weighted by molar-refractivity contribution is -0.137. The number of rotatable bonds is 4. The fraction of sp³-hybridized carbons (Fsp3) is 0.400. The molecule has 0 saturated heterocycles. The maximum absolute atomic E-state index is 12.4. The summed E-state index contributed by atoms with van der Waals surface area (Å²) < 4.78 is 62.1. The summed E-state index contributed by atoms with van der Waals surface area (Å²) in [7, 11) is -3.57. The Morgan fingerprint density at radius 1 is 1.33 bits per heavy atom. The molecule has 0 aromatic heterocycles. The molecule has 0 atom stereocenters. The highest BCUT2D eigenvalue weighted by molar-refractivity contribution is 7.92. The van der Waals surface area contributed by atoms with Crippen molar-refractivity contribution in [3.8, 4) is 0 Å². The van der Waals surface area contributed by atoms with Gasteiger partial charge in [0.25, 0.3) is 0 Å². The van der Waals surface area contributed by atoms with Crippen LogP contribution in [0.2, 0.25) is 0 Å². The highest BCUT2D eigenvalue weighted by Crippen LogP contribution is 2.33. The largest absolute Gasteiger partial charge is 0.416 e. The number of alkyl halides is 3. The van der Waals surface area contributed by atoms with Crippen molar-refractivity contribution >= 4 is 21.4 Å². The molecule has 0 fully saturated rings. The number of hydrogen-bond donors (Lipinski definition) is 2. The lowest BCUT2D eigenvalue weighted by Gasteiger charge is -2.12. The van der Waals surface area contributed by atoms with Gasteiger partial charge in [-0.1, -0.05) is 6.92 Å². The number of nitrogens with one attached hydrogen (secondary N) is 1. The van der Waals surface area contributed by atoms with Crippen LogP contribution in [0.4, 0.5) is 24.5 Å². The molecule has 0 radical (unpaired) electrons. The first kappa shape index (κ1) is 14.6. The van der Waals surface area contributed by atoms with E-state index in [1.807, 2.05) is 0 Å². The number of benzene rings is 1. The Labute approximate surface area is 103 Å². The molecule has 4 nitrogen and oxygen atoms in total. The first-order valence-corrected chi connectivity index (χ1v) is 6.78. The highest BCUT2D eigenvalue weighted by Gasteiger charge is 2.31. The number of nitrogens with two attached hydrogens (primary N) is 1. The number of hydrogen-bond acceptors (Lipinski definition) is 3. The van der Waals surface area contributed by atoms with Crippen molar-refractivity contribution in [2.24, 2.45) is 0 Å². The molecule has 18 heavy (non-hydrogen) atoms. The molecular formula is C10H13F3N2O2S. The van der Waals surface area contributed by atoms with Crippen LogP contribution in [0.3, 0.4) is 0 Å². The van der Waals surface area contributed by atoms with Crippen LogP contribution in [0.15, 0.2) is 18.2 Å². The monoisotopic (exact) mass is 282 g/mol. The smallest absolute Gasteiger partial charge is 0.397 e. The Balaban J connectivity index is 3.01. The van der Waals surface area contributed by atoms with Crippen molar-refractivity contribution < 1.29 is 21.6 Å². The van der Waals surface area contributed by atoms with Gasteiger partial charge < -0.3 is 5.73 Å². The summed E-state index contributed by atoms with van der Waals surface area (Å²) in [6, 6.07) is 2.48. The van der Waals surface area contributed by atoms with Gasteiger partial charge in [0.15, 0.2) is 0 Å². The molecule has 0 amide bonds. The van der Waals surface area contributed by atoms with E-state index in [1.165, 1.54) is 0 Å². The molecule has 0 unspecified atom stereocenters. The Hall–Kier alpha value is -1.44. The van der Waals surface area contributed by atoms with Crippen LogP contribution in [0.25, 0.3) is 0 Å². The molecule has 8 heteroatoms. The predicted molar refractivity (Wildman–Crippen MR) is 63.6 cm³/mol. The number of sulfonamides is 1. The lowest BCUT2D eigenvalue weighted by atomic mass is 10.2. The quantitative estimate of drug-likeness (QED) is 0.833. The van der Waals surface area contributed by atoms with Crippen molar-refractivity contribution in [2.45, 2.75) is 19.5 Å². The molecule has 0 bridgehead atoms. The predicted octanol–water partition coefficient (Wildman–Crippen LogP) is 2.44. The van der Waals surface area contributed by atoms with Gasteiger partial charge in [0.1, 0.15) is 0 Å². The van der Waals surface area contributed by atoms with Crippen molar-refractivity contribution in [3.63, 3.8) is 0 Å². The summed E-state index contributed by atoms with van der Waals surface area (Å²) in [5, 5.41) is 0. The summed E-state index contributed by atoms with van der Waals surface area (Å²) in [4.78, 5) is 0. The first-order valence-electron chi connectivity index (χ1n) is 5.13. The zero-order valence-electron chi connectivity index (χ0n) is 9.58. The molecule has 1 rings (SSSR count). The topological polar surface area (TPSA) is 72.2 Å². The zero-order chi connectivity index (χ0) is 14.0. The summed E-state index contributed by atoms with van der Waals surface area (Å²) in [6.07, 6.45) is -4.11. The minimum absolute atomic E-state index is 0.0450. The Morgan fingerprint density at radius 3 is 2.39 bits per heavy atom. The van der Waals surface area contributed by atoms with Crippen molar-refractivity contribution in [1.82, 2.24) is 0 Å². The maximum atomic E-state index is 12.4. The molecule has 0 saturated carbocycles. The molecule has 0 aliphatic carbocycles. The van der Waals surface area contributed by atoms with Gasteiger partial charge in [-0.2, -0.15) is 13.2 Å². The average molecular weight is 282 g/mol. The van der Waals surface area contributed by atoms with E-state index < -0.39 is 21.8 Å². The van der Waals surface area contributed by atoms with Crippen LogP contribution in [0.5, 0.6) is 0 Å². The summed E-state index contributed by atoms with van der Waals surface area (Å²) in [6.45, 7) is 1.68. The minimum atomic E-state index is -4.51. The van der Waals surface area contributed by atoms with Crippen molar-refractivity contribution in [3.05, 3.63) is 23.8 Å². The molecule has 1 aromatic carbocycles. The van der Waals surface area contributed by atoms with E-state index >= 15 is 0 Å². The fourth-order valence-corrected chi connectivity index (χ4v) is 2.48. The lowest BCUT2D eigenvalue weighted by Crippen LogP contribution is -2.17. The van der Waals surface area contributed by atoms with Gasteiger partial charge in [0.2, 0.25) is 10.0 Å². The second kappa shape index (κ2) is 5.05. The molecule has 3 N–H and O–H groups in total. The average Bonchev–Trinajstić information content (AvgIpc) is 2.19. The highest BCUT2D eigenvalue weighted by atomic mass is 32.2. The first-order chi connectivity index (χ1) is 8.15. The fourth-order valence-electron chi connectivity index (χ4n) is 1.32. The number of nitrogen functional groups attached to an aromatic ring is 1. The molecular weight excluding hydrogens is 269 g/mol. The molecule has 102 valence electrons. The van der Waals surface area contributed by atoms with Crippen LogP contribution in [0.1, 0.15) is 18.9 Å². The molecule has 0 spiro atoms. The standard InChI is InChI=1S/C10H13F3N2O2S/c1-2-5-18(16,17)15-9-4-3-7(6-8(9)14)10(11,12)13/h3-4,6,15H,2,5,14H2,1H3. The van der Waals surface area contributed by atoms with Crippen LogP contribution in [-0.2, 0) is 16.2 Å². The minimum Gasteiger partial charge on any atom is -0.397 e. The number of anilines is 2. The Bertz CT molecular complexity index is 526. The second-order valence-corrected chi connectivity index (χ2v) is 5.56. The van der Waals surface area contributed by atoms with Gasteiger partial charge in [-0.3, -0.25) is 4.72 Å². The normalized spacial score (nSPS) is 12.4. The van der Waals surface area contributed by atoms with E-state index in [-0.39, 0.29) is 17.1 Å². The summed E-state index contributed by atoms with van der Waals surface area (Å²) in [5.41, 5.74) is 4.17. The van der Waals surface area contributed by atoms with Crippen molar-refractivity contribution in [1.29, 1.82) is 0 Å². The van der Waals surface area contributed by atoms with Crippen LogP contribution >= 0.6 is 0 Å². The van der Waals surface area contributed by atoms with Gasteiger partial charge >= 0.3 is 6.18 Å². The third kappa shape index (κ3) is 3.80. The van der Waals surface area contributed by atoms with E-state index in [9.17, 15) is 21.6 Å². The van der Waals surface area contributed by atoms with Crippen LogP contribution in [-0.4, -0.2) is 14.2 Å². The van der Waals surface area contributed by atoms with E-state index in [4.69, 9.17) is 5.73 Å². The van der Waals surface area contributed by atoms with Gasteiger partial charge in [-0.15, -0.1) is 0 Å². The van der Waals surface area contributed by atoms with E-state index in [0.717, 1.165) is 12.1 Å². The van der Waals surface area contributed by atoms with Gasteiger partial charge in [-0.05, 0) is 24.6 Å². The second-order valence-electron chi connectivity index (χ2n) is 3.72. The SMILES string of the molecule is CCCS(=O)(=O)Nc1ccc(C(F)(F)F)cc1N. The zero-order valence-corrected chi connectivity index (χ0v) is 10.4. The summed E-state index contributed by atoms with van der Waals surface area (Å²) in [5.74, 6) is -0.118. The van der Waals surface area contributed by atoms with E-state index in [1.54, 1.807) is 6.92 Å². The van der Waals surface area contributed by atoms with Crippen LogP contribution < -0.4 is 10.5 Å². The van der Waals surface area contributed by atoms with Crippen molar-refractivity contribution in [2.75, 3.05) is 16.2 Å². The van der Waals surface area contributed by atoms with Gasteiger partial charge in [0.05, 0.1) is 22.7 Å². The molecule has 0 aliphatic rings. The Kier molecular flexibility index (Phi) is 4.10. The summed E-state index contributed by atoms with van der Waals surface area (Å²) >= 11 is 0. The third-order valence-corrected chi connectivity index (χ3v) is 3.59. The Morgan fingerprint density at radius 2 is 1.94 bits per heavy atom. The molecule has 0 aliphatic heterocycles. The third-order valence-electron chi connectivity index (χ3n) is 2.12. The van der Waals surface area contributed by atoms with Crippen LogP contribution in [0, 0.1) is 0 Å². The van der Waals surface area contributed by atoms with Gasteiger partial charge in [0, 0.05) is 0 Å². The van der Waals surface area contributed by atoms with E-state index in [0.29, 0.717) is 12.5 Å². The molecule has 0 heterocycles. The van der Waals surface area contributed by atoms with E-state index in [2.05, 4.69) is 4.72 Å². The van der Waals surface area contributed by atoms with Gasteiger partial charge in [-0.25, -0.2) is 8.42 Å². The number of halogens is 3. The maximum Gasteiger partial charge on any atom is 0.416 e.